The Hall–Kier alpha value is -3.52. The number of para-hydroxylation sites is 1. The molecule has 1 aromatic heterocycles. The van der Waals surface area contributed by atoms with Gasteiger partial charge in [-0.3, -0.25) is 19.5 Å². The van der Waals surface area contributed by atoms with Gasteiger partial charge in [0.05, 0.1) is 11.4 Å². The van der Waals surface area contributed by atoms with Gasteiger partial charge in [0.15, 0.2) is 0 Å². The van der Waals surface area contributed by atoms with Gasteiger partial charge in [-0.25, -0.2) is 4.39 Å². The highest BCUT2D eigenvalue weighted by Crippen LogP contribution is 2.27. The summed E-state index contributed by atoms with van der Waals surface area (Å²) >= 11 is 0. The van der Waals surface area contributed by atoms with Crippen molar-refractivity contribution < 1.29 is 23.8 Å². The number of aryl methyl sites for hydroxylation is 1. The molecule has 7 nitrogen and oxygen atoms in total. The zero-order valence-corrected chi connectivity index (χ0v) is 18.5. The van der Waals surface area contributed by atoms with Gasteiger partial charge in [-0.05, 0) is 56.8 Å². The molecule has 33 heavy (non-hydrogen) atoms. The number of nitrogens with zero attached hydrogens (tertiary/aromatic N) is 2. The van der Waals surface area contributed by atoms with Gasteiger partial charge < -0.3 is 15.2 Å². The molecule has 4 rings (SSSR count). The highest BCUT2D eigenvalue weighted by atomic mass is 19.1. The second-order valence-corrected chi connectivity index (χ2v) is 8.40. The van der Waals surface area contributed by atoms with Crippen LogP contribution in [0, 0.1) is 12.8 Å². The van der Waals surface area contributed by atoms with Crippen LogP contribution >= 0.6 is 0 Å². The normalized spacial score (nSPS) is 21.0. The number of ether oxygens (including phenoxy) is 1. The Morgan fingerprint density at radius 3 is 2.67 bits per heavy atom. The van der Waals surface area contributed by atoms with Crippen molar-refractivity contribution in [2.24, 2.45) is 5.92 Å². The fraction of sp³-hybridized carbons (Fsp3) is 0.320. The van der Waals surface area contributed by atoms with Crippen LogP contribution < -0.4 is 10.1 Å². The highest BCUT2D eigenvalue weighted by molar-refractivity contribution is 5.97. The SMILES string of the molecule is Cc1cc(COc2ccc(NC(=O)[C@@H]3[C@@H](C(=O)O)C[C@@H](F)CN3C)cc2)c2ccccc2n1. The molecule has 0 aliphatic carbocycles. The number of benzene rings is 2. The summed E-state index contributed by atoms with van der Waals surface area (Å²) in [6.45, 7) is 2.34. The van der Waals surface area contributed by atoms with Crippen LogP contribution in [0.4, 0.5) is 10.1 Å². The minimum atomic E-state index is -1.27. The summed E-state index contributed by atoms with van der Waals surface area (Å²) in [7, 11) is 1.56. The van der Waals surface area contributed by atoms with Crippen LogP contribution in [0.25, 0.3) is 10.9 Å². The second-order valence-electron chi connectivity index (χ2n) is 8.40. The van der Waals surface area contributed by atoms with Gasteiger partial charge in [0.1, 0.15) is 24.6 Å². The van der Waals surface area contributed by atoms with E-state index >= 15 is 0 Å². The lowest BCUT2D eigenvalue weighted by atomic mass is 9.88. The number of piperidine rings is 1. The largest absolute Gasteiger partial charge is 0.489 e. The Morgan fingerprint density at radius 1 is 1.21 bits per heavy atom. The molecular weight excluding hydrogens is 425 g/mol. The van der Waals surface area contributed by atoms with E-state index in [0.29, 0.717) is 18.0 Å². The van der Waals surface area contributed by atoms with E-state index in [9.17, 15) is 19.1 Å². The van der Waals surface area contributed by atoms with Crippen LogP contribution in [0.2, 0.25) is 0 Å². The lowest BCUT2D eigenvalue weighted by molar-refractivity contribution is -0.150. The first kappa shape index (κ1) is 22.7. The molecule has 1 fully saturated rings. The quantitative estimate of drug-likeness (QED) is 0.592. The number of pyridine rings is 1. The fourth-order valence-corrected chi connectivity index (χ4v) is 4.36. The number of rotatable bonds is 6. The van der Waals surface area contributed by atoms with Crippen molar-refractivity contribution >= 4 is 28.5 Å². The molecular formula is C25H26FN3O4. The number of aliphatic carboxylic acids is 1. The summed E-state index contributed by atoms with van der Waals surface area (Å²) in [6.07, 6.45) is -1.44. The molecule has 3 atom stereocenters. The number of anilines is 1. The second kappa shape index (κ2) is 9.54. The number of alkyl halides is 1. The maximum Gasteiger partial charge on any atom is 0.308 e. The third-order valence-corrected chi connectivity index (χ3v) is 5.88. The molecule has 172 valence electrons. The molecule has 3 aromatic rings. The van der Waals surface area contributed by atoms with Crippen molar-refractivity contribution in [3.8, 4) is 5.75 Å². The van der Waals surface area contributed by atoms with Gasteiger partial charge in [-0.15, -0.1) is 0 Å². The summed E-state index contributed by atoms with van der Waals surface area (Å²) < 4.78 is 19.7. The third kappa shape index (κ3) is 5.12. The van der Waals surface area contributed by atoms with E-state index in [4.69, 9.17) is 4.74 Å². The number of likely N-dealkylation sites (tertiary alicyclic amines) is 1. The van der Waals surface area contributed by atoms with E-state index in [1.165, 1.54) is 4.90 Å². The number of fused-ring (bicyclic) bond motifs is 1. The standard InChI is InChI=1S/C25H26FN3O4/c1-15-11-16(20-5-3-4-6-22(20)27-15)14-33-19-9-7-18(8-10-19)28-24(30)23-21(25(31)32)12-17(26)13-29(23)2/h3-11,17,21,23H,12-14H2,1-2H3,(H,28,30)(H,31,32)/t17-,21+,23+/m1/s1. The summed E-state index contributed by atoms with van der Waals surface area (Å²) in [4.78, 5) is 30.3. The first-order valence-electron chi connectivity index (χ1n) is 10.8. The van der Waals surface area contributed by atoms with Crippen LogP contribution in [0.15, 0.2) is 54.6 Å². The maximum absolute atomic E-state index is 13.8. The number of amides is 1. The van der Waals surface area contributed by atoms with Crippen molar-refractivity contribution in [1.82, 2.24) is 9.88 Å². The first-order valence-corrected chi connectivity index (χ1v) is 10.8. The van der Waals surface area contributed by atoms with Gasteiger partial charge in [0.25, 0.3) is 0 Å². The number of hydrogen-bond acceptors (Lipinski definition) is 5. The average Bonchev–Trinajstić information content (AvgIpc) is 2.77. The Bertz CT molecular complexity index is 1170. The molecule has 0 unspecified atom stereocenters. The molecule has 1 saturated heterocycles. The highest BCUT2D eigenvalue weighted by Gasteiger charge is 2.42. The minimum Gasteiger partial charge on any atom is -0.489 e. The number of carbonyl (C=O) groups excluding carboxylic acids is 1. The molecule has 1 aliphatic rings. The molecule has 1 aliphatic heterocycles. The molecule has 0 spiro atoms. The number of likely N-dealkylation sites (N-methyl/N-ethyl adjacent to an activating group) is 1. The van der Waals surface area contributed by atoms with Crippen LogP contribution in [-0.2, 0) is 16.2 Å². The zero-order chi connectivity index (χ0) is 23.5. The minimum absolute atomic E-state index is 0.0256. The molecule has 0 bridgehead atoms. The third-order valence-electron chi connectivity index (χ3n) is 5.88. The van der Waals surface area contributed by atoms with Crippen molar-refractivity contribution in [3.63, 3.8) is 0 Å². The summed E-state index contributed by atoms with van der Waals surface area (Å²) in [5.41, 5.74) is 3.37. The van der Waals surface area contributed by atoms with Gasteiger partial charge >= 0.3 is 5.97 Å². The number of carboxylic acids is 1. The topological polar surface area (TPSA) is 91.8 Å². The lowest BCUT2D eigenvalue weighted by Crippen LogP contribution is -2.55. The maximum atomic E-state index is 13.8. The summed E-state index contributed by atoms with van der Waals surface area (Å²) in [5.74, 6) is -2.11. The Labute approximate surface area is 191 Å². The van der Waals surface area contributed by atoms with Crippen LogP contribution in [0.5, 0.6) is 5.75 Å². The number of carboxylic acid groups (broad SMARTS) is 1. The predicted octanol–water partition coefficient (Wildman–Crippen LogP) is 3.80. The number of halogens is 1. The molecule has 0 radical (unpaired) electrons. The van der Waals surface area contributed by atoms with Crippen molar-refractivity contribution in [2.75, 3.05) is 18.9 Å². The summed E-state index contributed by atoms with van der Waals surface area (Å²) in [5, 5.41) is 13.2. The van der Waals surface area contributed by atoms with Crippen LogP contribution in [0.1, 0.15) is 17.7 Å². The molecule has 1 amide bonds. The first-order chi connectivity index (χ1) is 15.8. The van der Waals surface area contributed by atoms with E-state index in [1.807, 2.05) is 37.3 Å². The predicted molar refractivity (Wildman–Crippen MR) is 123 cm³/mol. The smallest absolute Gasteiger partial charge is 0.308 e. The van der Waals surface area contributed by atoms with E-state index in [-0.39, 0.29) is 13.0 Å². The van der Waals surface area contributed by atoms with E-state index in [0.717, 1.165) is 22.2 Å². The number of carbonyl (C=O) groups is 2. The Kier molecular flexibility index (Phi) is 6.55. The van der Waals surface area contributed by atoms with Gasteiger partial charge in [-0.2, -0.15) is 0 Å². The van der Waals surface area contributed by atoms with Gasteiger partial charge in [0.2, 0.25) is 5.91 Å². The average molecular weight is 451 g/mol. The van der Waals surface area contributed by atoms with Crippen molar-refractivity contribution in [2.45, 2.75) is 32.2 Å². The van der Waals surface area contributed by atoms with E-state index in [2.05, 4.69) is 10.3 Å². The number of hydrogen-bond donors (Lipinski definition) is 2. The Morgan fingerprint density at radius 2 is 1.94 bits per heavy atom. The lowest BCUT2D eigenvalue weighted by Gasteiger charge is -2.37. The molecule has 2 N–H and O–H groups in total. The molecule has 0 saturated carbocycles. The van der Waals surface area contributed by atoms with Crippen molar-refractivity contribution in [1.29, 1.82) is 0 Å². The summed E-state index contributed by atoms with van der Waals surface area (Å²) in [6, 6.07) is 15.8. The van der Waals surface area contributed by atoms with Gasteiger partial charge in [0, 0.05) is 28.9 Å². The fourth-order valence-electron chi connectivity index (χ4n) is 4.36. The molecule has 8 heteroatoms. The van der Waals surface area contributed by atoms with Gasteiger partial charge in [-0.1, -0.05) is 18.2 Å². The molecule has 2 heterocycles. The monoisotopic (exact) mass is 451 g/mol. The Balaban J connectivity index is 1.42. The number of nitrogens with one attached hydrogen (secondary N) is 1. The van der Waals surface area contributed by atoms with Crippen LogP contribution in [-0.4, -0.2) is 52.7 Å². The molecule has 2 aromatic carbocycles. The van der Waals surface area contributed by atoms with Crippen molar-refractivity contribution in [3.05, 3.63) is 65.9 Å². The zero-order valence-electron chi connectivity index (χ0n) is 18.5. The number of aromatic nitrogens is 1. The van der Waals surface area contributed by atoms with E-state index < -0.39 is 30.0 Å². The van der Waals surface area contributed by atoms with E-state index in [1.54, 1.807) is 31.3 Å². The van der Waals surface area contributed by atoms with Crippen LogP contribution in [0.3, 0.4) is 0 Å².